The van der Waals surface area contributed by atoms with Crippen LogP contribution in [0.4, 0.5) is 0 Å². The van der Waals surface area contributed by atoms with Gasteiger partial charge in [0.1, 0.15) is 11.6 Å². The van der Waals surface area contributed by atoms with Gasteiger partial charge in [0.05, 0.1) is 44.1 Å². The first-order valence-electron chi connectivity index (χ1n) is 19.8. The van der Waals surface area contributed by atoms with Crippen LogP contribution < -0.4 is 0 Å². The summed E-state index contributed by atoms with van der Waals surface area (Å²) in [7, 11) is 0. The third kappa shape index (κ3) is 4.22. The van der Waals surface area contributed by atoms with Crippen molar-refractivity contribution in [2.45, 2.75) is 0 Å². The fourth-order valence-electron chi connectivity index (χ4n) is 9.83. The zero-order valence-electron chi connectivity index (χ0n) is 31.3. The van der Waals surface area contributed by atoms with E-state index in [1.807, 2.05) is 0 Å². The Labute approximate surface area is 332 Å². The van der Waals surface area contributed by atoms with Crippen molar-refractivity contribution in [1.82, 2.24) is 23.3 Å². The van der Waals surface area contributed by atoms with Crippen molar-refractivity contribution in [1.29, 1.82) is 0 Å². The first-order valence-corrected chi connectivity index (χ1v) is 19.8. The summed E-state index contributed by atoms with van der Waals surface area (Å²) in [5, 5.41) is 9.88. The van der Waals surface area contributed by atoms with Crippen LogP contribution in [0.25, 0.3) is 110 Å². The number of benzene rings is 8. The molecule has 5 heteroatoms. The lowest BCUT2D eigenvalue weighted by Gasteiger charge is -2.12. The minimum Gasteiger partial charge on any atom is -0.309 e. The van der Waals surface area contributed by atoms with Crippen molar-refractivity contribution in [2.24, 2.45) is 0 Å². The zero-order chi connectivity index (χ0) is 37.9. The van der Waals surface area contributed by atoms with Gasteiger partial charge < -0.3 is 9.13 Å². The van der Waals surface area contributed by atoms with Crippen LogP contribution in [-0.2, 0) is 0 Å². The first-order chi connectivity index (χ1) is 28.8. The molecular formula is C53H33N5. The van der Waals surface area contributed by atoms with E-state index in [-0.39, 0.29) is 0 Å². The van der Waals surface area contributed by atoms with Crippen LogP contribution >= 0.6 is 0 Å². The highest BCUT2D eigenvalue weighted by molar-refractivity contribution is 6.29. The molecule has 0 bridgehead atoms. The maximum absolute atomic E-state index is 5.44. The number of aromatic nitrogens is 5. The summed E-state index contributed by atoms with van der Waals surface area (Å²) < 4.78 is 9.44. The van der Waals surface area contributed by atoms with Gasteiger partial charge in [0.15, 0.2) is 0 Å². The second kappa shape index (κ2) is 11.8. The topological polar surface area (TPSA) is 32.6 Å². The highest BCUT2D eigenvalue weighted by Gasteiger charge is 2.22. The van der Waals surface area contributed by atoms with Gasteiger partial charge in [-0.1, -0.05) is 115 Å². The molecule has 0 radical (unpaired) electrons. The number of rotatable bonds is 4. The molecule has 5 heterocycles. The van der Waals surface area contributed by atoms with Gasteiger partial charge in [0.2, 0.25) is 0 Å². The van der Waals surface area contributed by atoms with Crippen LogP contribution in [0.1, 0.15) is 0 Å². The molecule has 0 fully saturated rings. The molecule has 0 aliphatic heterocycles. The molecule has 0 saturated carbocycles. The quantitative estimate of drug-likeness (QED) is 0.177. The van der Waals surface area contributed by atoms with E-state index in [9.17, 15) is 0 Å². The predicted octanol–water partition coefficient (Wildman–Crippen LogP) is 13.5. The molecular weight excluding hydrogens is 707 g/mol. The molecule has 13 aromatic rings. The summed E-state index contributed by atoms with van der Waals surface area (Å²) in [5.74, 6) is 1.78. The van der Waals surface area contributed by atoms with Crippen molar-refractivity contribution >= 4 is 87.2 Å². The van der Waals surface area contributed by atoms with E-state index in [1.165, 1.54) is 65.2 Å². The van der Waals surface area contributed by atoms with Crippen molar-refractivity contribution in [3.63, 3.8) is 0 Å². The van der Waals surface area contributed by atoms with E-state index >= 15 is 0 Å². The van der Waals surface area contributed by atoms with Gasteiger partial charge in [-0.15, -0.1) is 0 Å². The summed E-state index contributed by atoms with van der Waals surface area (Å²) in [6.45, 7) is 0. The summed E-state index contributed by atoms with van der Waals surface area (Å²) in [4.78, 5) is 5.44. The Hall–Kier alpha value is -7.89. The fraction of sp³-hybridized carbons (Fsp3) is 0. The van der Waals surface area contributed by atoms with Crippen molar-refractivity contribution in [3.8, 4) is 23.0 Å². The van der Waals surface area contributed by atoms with Gasteiger partial charge in [-0.2, -0.15) is 0 Å². The Morgan fingerprint density at radius 3 is 0.948 bits per heavy atom. The molecule has 13 rings (SSSR count). The molecule has 0 saturated heterocycles. The molecule has 58 heavy (non-hydrogen) atoms. The van der Waals surface area contributed by atoms with Crippen molar-refractivity contribution in [3.05, 3.63) is 200 Å². The molecule has 0 atom stereocenters. The van der Waals surface area contributed by atoms with Crippen LogP contribution in [0.5, 0.6) is 0 Å². The summed E-state index contributed by atoms with van der Waals surface area (Å²) in [6.07, 6.45) is 0. The van der Waals surface area contributed by atoms with E-state index in [2.05, 4.69) is 218 Å². The number of hydrogen-bond donors (Lipinski definition) is 0. The summed E-state index contributed by atoms with van der Waals surface area (Å²) in [5.41, 5.74) is 11.6. The Kier molecular flexibility index (Phi) is 6.38. The normalized spacial score (nSPS) is 12.1. The number of hydrogen-bond acceptors (Lipinski definition) is 1. The fourth-order valence-corrected chi connectivity index (χ4v) is 9.83. The third-order valence-electron chi connectivity index (χ3n) is 12.2. The molecule has 5 nitrogen and oxygen atoms in total. The Bertz CT molecular complexity index is 3690. The minimum atomic E-state index is 0.884. The SMILES string of the molecule is c1cc(-n2c3ccccc3c3ccccc32)nc(-n2c3ccccc3c3c4c5ccccc5n(-c5ccc(-n6c7ccccc7c7ccccc76)cc5)c4ccc32)c1. The van der Waals surface area contributed by atoms with Gasteiger partial charge in [-0.25, -0.2) is 4.98 Å². The van der Waals surface area contributed by atoms with E-state index in [1.54, 1.807) is 0 Å². The number of para-hydroxylation sites is 6. The number of fused-ring (bicyclic) bond motifs is 13. The van der Waals surface area contributed by atoms with E-state index in [0.717, 1.165) is 45.1 Å². The minimum absolute atomic E-state index is 0.884. The highest BCUT2D eigenvalue weighted by Crippen LogP contribution is 2.43. The molecule has 5 aromatic heterocycles. The lowest BCUT2D eigenvalue weighted by atomic mass is 10.1. The standard InChI is InChI=1S/C53H33N5/c1-7-20-42-36(14-1)37-15-2-8-21-43(37)55(42)34-28-30-35(31-29-34)56-46-24-11-5-18-40(46)52-48(56)32-33-49-53(52)41-19-6-12-25-47(41)58(49)51-27-13-26-50(54-51)57-44-22-9-3-16-38(44)39-17-4-10-23-45(39)57/h1-33H. The average Bonchev–Trinajstić information content (AvgIpc) is 4.01. The summed E-state index contributed by atoms with van der Waals surface area (Å²) in [6, 6.07) is 72.2. The number of nitrogens with zero attached hydrogens (tertiary/aromatic N) is 5. The van der Waals surface area contributed by atoms with Gasteiger partial charge in [-0.05, 0) is 84.9 Å². The van der Waals surface area contributed by atoms with E-state index < -0.39 is 0 Å². The zero-order valence-corrected chi connectivity index (χ0v) is 31.3. The van der Waals surface area contributed by atoms with Crippen molar-refractivity contribution < 1.29 is 0 Å². The van der Waals surface area contributed by atoms with Gasteiger partial charge in [-0.3, -0.25) is 9.13 Å². The molecule has 0 N–H and O–H groups in total. The Balaban J connectivity index is 1.03. The van der Waals surface area contributed by atoms with E-state index in [4.69, 9.17) is 4.98 Å². The van der Waals surface area contributed by atoms with Gasteiger partial charge in [0, 0.05) is 54.5 Å². The molecule has 8 aromatic carbocycles. The smallest absolute Gasteiger partial charge is 0.140 e. The average molecular weight is 740 g/mol. The Morgan fingerprint density at radius 2 is 0.517 bits per heavy atom. The van der Waals surface area contributed by atoms with Crippen molar-refractivity contribution in [2.75, 3.05) is 0 Å². The molecule has 270 valence electrons. The van der Waals surface area contributed by atoms with Gasteiger partial charge in [0.25, 0.3) is 0 Å². The monoisotopic (exact) mass is 739 g/mol. The second-order valence-electron chi connectivity index (χ2n) is 15.2. The molecule has 0 aliphatic rings. The largest absolute Gasteiger partial charge is 0.309 e. The molecule has 0 amide bonds. The first kappa shape index (κ1) is 31.3. The van der Waals surface area contributed by atoms with Crippen LogP contribution in [0.15, 0.2) is 200 Å². The van der Waals surface area contributed by atoms with Crippen LogP contribution in [0.3, 0.4) is 0 Å². The Morgan fingerprint density at radius 1 is 0.224 bits per heavy atom. The third-order valence-corrected chi connectivity index (χ3v) is 12.2. The predicted molar refractivity (Wildman–Crippen MR) is 242 cm³/mol. The molecule has 0 spiro atoms. The molecule has 0 unspecified atom stereocenters. The lowest BCUT2D eigenvalue weighted by molar-refractivity contribution is 1.01. The van der Waals surface area contributed by atoms with Crippen LogP contribution in [0.2, 0.25) is 0 Å². The van der Waals surface area contributed by atoms with Gasteiger partial charge >= 0.3 is 0 Å². The maximum Gasteiger partial charge on any atom is 0.140 e. The maximum atomic E-state index is 5.44. The van der Waals surface area contributed by atoms with Crippen LogP contribution in [0, 0.1) is 0 Å². The molecule has 0 aliphatic carbocycles. The number of pyridine rings is 1. The lowest BCUT2D eigenvalue weighted by Crippen LogP contribution is -2.03. The highest BCUT2D eigenvalue weighted by atomic mass is 15.1. The summed E-state index contributed by atoms with van der Waals surface area (Å²) >= 11 is 0. The van der Waals surface area contributed by atoms with E-state index in [0.29, 0.717) is 0 Å². The van der Waals surface area contributed by atoms with Crippen LogP contribution in [-0.4, -0.2) is 23.3 Å². The second-order valence-corrected chi connectivity index (χ2v) is 15.2.